The quantitative estimate of drug-likeness (QED) is 0.428. The molecule has 1 amide bonds. The fraction of sp³-hybridized carbons (Fsp3) is 0.250. The van der Waals surface area contributed by atoms with Gasteiger partial charge in [0.15, 0.2) is 0 Å². The lowest BCUT2D eigenvalue weighted by atomic mass is 10.2. The summed E-state index contributed by atoms with van der Waals surface area (Å²) in [4.78, 5) is 32.4. The van der Waals surface area contributed by atoms with Crippen LogP contribution >= 0.6 is 0 Å². The molecule has 0 aliphatic carbocycles. The number of benzene rings is 1. The van der Waals surface area contributed by atoms with Gasteiger partial charge in [-0.05, 0) is 43.2 Å². The predicted octanol–water partition coefficient (Wildman–Crippen LogP) is 2.44. The Hall–Kier alpha value is -3.75. The number of H-pyrrole nitrogens is 3. The highest BCUT2D eigenvalue weighted by molar-refractivity contribution is 6.06. The number of carbonyl (C=O) groups is 1. The number of hydrogen-bond donors (Lipinski definition) is 4. The van der Waals surface area contributed by atoms with Crippen LogP contribution < -0.4 is 15.9 Å². The van der Waals surface area contributed by atoms with Crippen molar-refractivity contribution in [2.45, 2.75) is 12.8 Å². The number of anilines is 2. The molecule has 1 aliphatic heterocycles. The monoisotopic (exact) mass is 391 g/mol. The van der Waals surface area contributed by atoms with Gasteiger partial charge in [0, 0.05) is 26.3 Å². The van der Waals surface area contributed by atoms with Gasteiger partial charge in [0.2, 0.25) is 0 Å². The molecule has 4 N–H and O–H groups in total. The molecule has 0 unspecified atom stereocenters. The molecule has 0 saturated carbocycles. The van der Waals surface area contributed by atoms with Crippen LogP contribution in [0.1, 0.15) is 23.3 Å². The molecule has 0 spiro atoms. The van der Waals surface area contributed by atoms with Gasteiger partial charge in [-0.25, -0.2) is 4.79 Å². The number of rotatable bonds is 4. The van der Waals surface area contributed by atoms with E-state index in [1.54, 1.807) is 12.1 Å². The van der Waals surface area contributed by atoms with Gasteiger partial charge in [-0.15, -0.1) is 0 Å². The van der Waals surface area contributed by atoms with Gasteiger partial charge in [-0.1, -0.05) is 0 Å². The van der Waals surface area contributed by atoms with E-state index in [0.29, 0.717) is 22.6 Å². The Kier molecular flexibility index (Phi) is 4.01. The van der Waals surface area contributed by atoms with E-state index in [1.807, 2.05) is 36.0 Å². The molecule has 0 radical (unpaired) electrons. The van der Waals surface area contributed by atoms with Gasteiger partial charge in [0.1, 0.15) is 11.4 Å². The van der Waals surface area contributed by atoms with Crippen LogP contribution in [-0.4, -0.2) is 43.7 Å². The van der Waals surface area contributed by atoms with E-state index in [4.69, 9.17) is 0 Å². The number of fused-ring (bicyclic) bond motifs is 1. The predicted molar refractivity (Wildman–Crippen MR) is 111 cm³/mol. The van der Waals surface area contributed by atoms with E-state index in [2.05, 4.69) is 30.4 Å². The van der Waals surface area contributed by atoms with Crippen molar-refractivity contribution in [2.75, 3.05) is 23.3 Å². The third kappa shape index (κ3) is 3.10. The maximum atomic E-state index is 12.9. The lowest BCUT2D eigenvalue weighted by Crippen LogP contribution is -2.21. The first-order valence-corrected chi connectivity index (χ1v) is 9.58. The zero-order valence-electron chi connectivity index (χ0n) is 16.0. The van der Waals surface area contributed by atoms with Gasteiger partial charge in [0.05, 0.1) is 28.1 Å². The number of carbonyl (C=O) groups excluding carboxylic acids is 1. The highest BCUT2D eigenvalue weighted by Gasteiger charge is 2.20. The second-order valence-electron chi connectivity index (χ2n) is 7.31. The molecule has 1 aliphatic rings. The minimum atomic E-state index is -0.282. The first-order valence-electron chi connectivity index (χ1n) is 9.58. The topological polar surface area (TPSA) is 115 Å². The Bertz CT molecular complexity index is 1250. The van der Waals surface area contributed by atoms with Crippen LogP contribution in [0.25, 0.3) is 22.4 Å². The number of nitrogens with zero attached hydrogens (tertiary/aromatic N) is 3. The Labute approximate surface area is 165 Å². The molecule has 4 heterocycles. The number of aromatic amines is 3. The average Bonchev–Trinajstić information content (AvgIpc) is 3.47. The van der Waals surface area contributed by atoms with Gasteiger partial charge in [-0.2, -0.15) is 5.10 Å². The van der Waals surface area contributed by atoms with Crippen LogP contribution in [-0.2, 0) is 7.05 Å². The molecule has 0 bridgehead atoms. The van der Waals surface area contributed by atoms with Gasteiger partial charge >= 0.3 is 5.69 Å². The summed E-state index contributed by atoms with van der Waals surface area (Å²) in [6, 6.07) is 9.32. The molecular weight excluding hydrogens is 370 g/mol. The summed E-state index contributed by atoms with van der Waals surface area (Å²) >= 11 is 0. The van der Waals surface area contributed by atoms with Crippen LogP contribution in [0.4, 0.5) is 11.4 Å². The van der Waals surface area contributed by atoms with E-state index in [1.165, 1.54) is 0 Å². The van der Waals surface area contributed by atoms with Crippen molar-refractivity contribution >= 4 is 28.3 Å². The Morgan fingerprint density at radius 2 is 1.90 bits per heavy atom. The van der Waals surface area contributed by atoms with Crippen LogP contribution in [0.5, 0.6) is 0 Å². The summed E-state index contributed by atoms with van der Waals surface area (Å²) in [6.07, 6.45) is 4.14. The number of amides is 1. The van der Waals surface area contributed by atoms with Crippen molar-refractivity contribution in [1.82, 2.24) is 24.7 Å². The molecule has 5 rings (SSSR count). The molecule has 9 heteroatoms. The Morgan fingerprint density at radius 1 is 1.14 bits per heavy atom. The summed E-state index contributed by atoms with van der Waals surface area (Å²) in [6.45, 7) is 1.84. The van der Waals surface area contributed by atoms with E-state index >= 15 is 0 Å². The van der Waals surface area contributed by atoms with Crippen LogP contribution in [0, 0.1) is 0 Å². The van der Waals surface area contributed by atoms with E-state index in [-0.39, 0.29) is 11.6 Å². The maximum absolute atomic E-state index is 12.9. The number of nitrogens with one attached hydrogen (secondary N) is 4. The minimum Gasteiger partial charge on any atom is -0.370 e. The van der Waals surface area contributed by atoms with Crippen LogP contribution in [0.2, 0.25) is 0 Å². The first kappa shape index (κ1) is 17.4. The van der Waals surface area contributed by atoms with E-state index in [9.17, 15) is 9.59 Å². The smallest absolute Gasteiger partial charge is 0.323 e. The summed E-state index contributed by atoms with van der Waals surface area (Å²) < 4.78 is 1.94. The van der Waals surface area contributed by atoms with E-state index < -0.39 is 0 Å². The highest BCUT2D eigenvalue weighted by Crippen LogP contribution is 2.32. The second kappa shape index (κ2) is 6.69. The minimum absolute atomic E-state index is 0.267. The number of aromatic nitrogens is 5. The standard InChI is InChI=1S/C20H21N7O2/c1-26-6-4-5-17(26)15-10-16(25-24-15)19(28)21-14-9-12-13(23-20(29)22-12)11-18(14)27-7-2-3-8-27/h4-6,9-11H,2-3,7-8H2,1H3,(H,21,28)(H,24,25)(H2,22,23,29). The Balaban J connectivity index is 1.48. The average molecular weight is 391 g/mol. The summed E-state index contributed by atoms with van der Waals surface area (Å²) in [7, 11) is 1.93. The molecule has 0 atom stereocenters. The second-order valence-corrected chi connectivity index (χ2v) is 7.31. The summed E-state index contributed by atoms with van der Waals surface area (Å²) in [5.74, 6) is -0.282. The molecule has 9 nitrogen and oxygen atoms in total. The van der Waals surface area contributed by atoms with Crippen molar-refractivity contribution < 1.29 is 4.79 Å². The van der Waals surface area contributed by atoms with E-state index in [0.717, 1.165) is 42.8 Å². The number of aryl methyl sites for hydroxylation is 1. The molecule has 148 valence electrons. The molecule has 4 aromatic rings. The first-order chi connectivity index (χ1) is 14.1. The molecule has 1 saturated heterocycles. The zero-order chi connectivity index (χ0) is 20.0. The Morgan fingerprint density at radius 3 is 2.62 bits per heavy atom. The normalized spacial score (nSPS) is 14.0. The SMILES string of the molecule is Cn1cccc1-c1cc(C(=O)Nc2cc3[nH]c(=O)[nH]c3cc2N2CCCC2)[nH]n1. The van der Waals surface area contributed by atoms with Crippen molar-refractivity contribution in [3.8, 4) is 11.4 Å². The fourth-order valence-electron chi connectivity index (χ4n) is 3.88. The fourth-order valence-corrected chi connectivity index (χ4v) is 3.88. The van der Waals surface area contributed by atoms with Gasteiger partial charge in [-0.3, -0.25) is 9.89 Å². The molecule has 1 fully saturated rings. The van der Waals surface area contributed by atoms with Gasteiger partial charge in [0.25, 0.3) is 5.91 Å². The molecule has 1 aromatic carbocycles. The zero-order valence-corrected chi connectivity index (χ0v) is 16.0. The van der Waals surface area contributed by atoms with Crippen molar-refractivity contribution in [3.63, 3.8) is 0 Å². The van der Waals surface area contributed by atoms with Crippen molar-refractivity contribution in [2.24, 2.45) is 7.05 Å². The van der Waals surface area contributed by atoms with Crippen LogP contribution in [0.15, 0.2) is 41.3 Å². The third-order valence-electron chi connectivity index (χ3n) is 5.36. The lowest BCUT2D eigenvalue weighted by molar-refractivity contribution is 0.102. The van der Waals surface area contributed by atoms with Crippen LogP contribution in [0.3, 0.4) is 0 Å². The third-order valence-corrected chi connectivity index (χ3v) is 5.36. The molecular formula is C20H21N7O2. The van der Waals surface area contributed by atoms with Crippen molar-refractivity contribution in [1.29, 1.82) is 0 Å². The maximum Gasteiger partial charge on any atom is 0.323 e. The number of hydrogen-bond acceptors (Lipinski definition) is 4. The number of imidazole rings is 1. The molecule has 3 aromatic heterocycles. The van der Waals surface area contributed by atoms with Crippen molar-refractivity contribution in [3.05, 3.63) is 52.7 Å². The lowest BCUT2D eigenvalue weighted by Gasteiger charge is -2.21. The summed E-state index contributed by atoms with van der Waals surface area (Å²) in [5, 5.41) is 10.1. The van der Waals surface area contributed by atoms with Gasteiger partial charge < -0.3 is 24.8 Å². The summed E-state index contributed by atoms with van der Waals surface area (Å²) in [5.41, 5.74) is 4.67. The largest absolute Gasteiger partial charge is 0.370 e. The molecule has 29 heavy (non-hydrogen) atoms. The highest BCUT2D eigenvalue weighted by atomic mass is 16.2.